The van der Waals surface area contributed by atoms with Crippen molar-refractivity contribution < 1.29 is 19.2 Å². The molecule has 3 aromatic rings. The number of hydrogen-bond donors (Lipinski definition) is 0. The van der Waals surface area contributed by atoms with E-state index in [2.05, 4.69) is 22.8 Å². The number of nitro groups is 1. The summed E-state index contributed by atoms with van der Waals surface area (Å²) in [5, 5.41) is 11.0. The third kappa shape index (κ3) is 7.54. The van der Waals surface area contributed by atoms with Crippen molar-refractivity contribution in [3.63, 3.8) is 0 Å². The van der Waals surface area contributed by atoms with Gasteiger partial charge in [0.05, 0.1) is 18.1 Å². The summed E-state index contributed by atoms with van der Waals surface area (Å²) in [7, 11) is 1.55. The first-order valence-electron chi connectivity index (χ1n) is 13.5. The minimum atomic E-state index is -0.504. The van der Waals surface area contributed by atoms with Crippen LogP contribution in [0, 0.1) is 10.1 Å². The van der Waals surface area contributed by atoms with Crippen LogP contribution >= 0.6 is 0 Å². The topological polar surface area (TPSA) is 97.9 Å². The summed E-state index contributed by atoms with van der Waals surface area (Å²) >= 11 is 0. The fourth-order valence-corrected chi connectivity index (χ4v) is 5.13. The molecule has 0 N–H and O–H groups in total. The van der Waals surface area contributed by atoms with Crippen LogP contribution in [-0.4, -0.2) is 64.0 Å². The van der Waals surface area contributed by atoms with E-state index >= 15 is 0 Å². The second-order valence-electron chi connectivity index (χ2n) is 9.95. The van der Waals surface area contributed by atoms with Gasteiger partial charge in [0.25, 0.3) is 11.6 Å². The Morgan fingerprint density at radius 2 is 1.72 bits per heavy atom. The lowest BCUT2D eigenvalue weighted by molar-refractivity contribution is -0.384. The van der Waals surface area contributed by atoms with Crippen molar-refractivity contribution >= 4 is 17.5 Å². The van der Waals surface area contributed by atoms with Crippen LogP contribution in [-0.2, 0) is 22.6 Å². The first kappa shape index (κ1) is 28.0. The van der Waals surface area contributed by atoms with Crippen LogP contribution in [0.2, 0.25) is 0 Å². The van der Waals surface area contributed by atoms with Crippen molar-refractivity contribution in [1.29, 1.82) is 0 Å². The van der Waals surface area contributed by atoms with Crippen molar-refractivity contribution in [2.75, 3.05) is 26.8 Å². The maximum absolute atomic E-state index is 13.9. The van der Waals surface area contributed by atoms with Gasteiger partial charge in [-0.15, -0.1) is 0 Å². The normalized spacial score (nSPS) is 13.7. The van der Waals surface area contributed by atoms with Gasteiger partial charge in [-0.05, 0) is 42.7 Å². The molecule has 9 heteroatoms. The highest BCUT2D eigenvalue weighted by Gasteiger charge is 2.29. The molecule has 1 aromatic heterocycles. The van der Waals surface area contributed by atoms with E-state index in [1.165, 1.54) is 41.1 Å². The number of methoxy groups -OCH3 is 1. The van der Waals surface area contributed by atoms with Gasteiger partial charge in [0, 0.05) is 55.8 Å². The number of carbonyl (C=O) groups is 2. The first-order chi connectivity index (χ1) is 19.0. The molecule has 0 atom stereocenters. The molecule has 2 amide bonds. The molecule has 1 heterocycles. The fraction of sp³-hybridized carbons (Fsp3) is 0.400. The van der Waals surface area contributed by atoms with Crippen LogP contribution in [0.25, 0.3) is 0 Å². The Hall–Kier alpha value is -3.98. The van der Waals surface area contributed by atoms with E-state index in [9.17, 15) is 19.7 Å². The van der Waals surface area contributed by atoms with Crippen LogP contribution in [0.1, 0.15) is 53.7 Å². The Balaban J connectivity index is 1.54. The SMILES string of the molecule is COCCN(CC(=O)N(Cc1cccn1Cc1ccccc1)C1CCCCC1)C(=O)c1ccc([N+](=O)[O-])cc1. The number of nitrogens with zero attached hydrogens (tertiary/aromatic N) is 4. The van der Waals surface area contributed by atoms with Gasteiger partial charge in [-0.2, -0.15) is 0 Å². The van der Waals surface area contributed by atoms with Gasteiger partial charge in [0.2, 0.25) is 5.91 Å². The molecule has 39 heavy (non-hydrogen) atoms. The summed E-state index contributed by atoms with van der Waals surface area (Å²) in [6.45, 7) is 1.60. The molecule has 1 saturated carbocycles. The molecule has 1 fully saturated rings. The zero-order valence-electron chi connectivity index (χ0n) is 22.4. The molecule has 0 bridgehead atoms. The van der Waals surface area contributed by atoms with Gasteiger partial charge in [-0.25, -0.2) is 0 Å². The Bertz CT molecular complexity index is 1240. The van der Waals surface area contributed by atoms with Gasteiger partial charge in [-0.3, -0.25) is 19.7 Å². The number of aromatic nitrogens is 1. The van der Waals surface area contributed by atoms with Crippen LogP contribution in [0.3, 0.4) is 0 Å². The Kier molecular flexibility index (Phi) is 9.85. The number of nitro benzene ring substituents is 1. The smallest absolute Gasteiger partial charge is 0.269 e. The molecule has 0 aliphatic heterocycles. The summed E-state index contributed by atoms with van der Waals surface area (Å²) in [5.74, 6) is -0.466. The lowest BCUT2D eigenvalue weighted by Crippen LogP contribution is -2.48. The molecule has 0 saturated heterocycles. The molecule has 206 valence electrons. The number of benzene rings is 2. The fourth-order valence-electron chi connectivity index (χ4n) is 5.13. The minimum Gasteiger partial charge on any atom is -0.383 e. The van der Waals surface area contributed by atoms with E-state index in [0.29, 0.717) is 18.7 Å². The summed E-state index contributed by atoms with van der Waals surface area (Å²) in [6.07, 6.45) is 7.25. The Morgan fingerprint density at radius 3 is 2.38 bits per heavy atom. The minimum absolute atomic E-state index is 0.0882. The van der Waals surface area contributed by atoms with E-state index < -0.39 is 4.92 Å². The molecule has 2 aromatic carbocycles. The summed E-state index contributed by atoms with van der Waals surface area (Å²) < 4.78 is 7.38. The molecule has 1 aliphatic carbocycles. The number of hydrogen-bond acceptors (Lipinski definition) is 5. The van der Waals surface area contributed by atoms with Gasteiger partial charge in [0.15, 0.2) is 0 Å². The lowest BCUT2D eigenvalue weighted by atomic mass is 9.94. The molecular formula is C30H36N4O5. The predicted octanol–water partition coefficient (Wildman–Crippen LogP) is 4.89. The zero-order valence-corrected chi connectivity index (χ0v) is 22.4. The van der Waals surface area contributed by atoms with Crippen molar-refractivity contribution in [3.05, 3.63) is 99.9 Å². The molecular weight excluding hydrogens is 496 g/mol. The molecule has 0 radical (unpaired) electrons. The van der Waals surface area contributed by atoms with Crippen molar-refractivity contribution in [1.82, 2.24) is 14.4 Å². The number of non-ortho nitro benzene ring substituents is 1. The van der Waals surface area contributed by atoms with Crippen molar-refractivity contribution in [3.8, 4) is 0 Å². The highest BCUT2D eigenvalue weighted by molar-refractivity contribution is 5.96. The van der Waals surface area contributed by atoms with E-state index in [0.717, 1.165) is 31.4 Å². The Labute approximate surface area is 229 Å². The third-order valence-electron chi connectivity index (χ3n) is 7.29. The standard InChI is InChI=1S/C30H36N4O5/c1-39-20-19-32(30(36)25-14-16-27(17-15-25)34(37)38)23-29(35)33(26-11-6-3-7-12-26)22-28-13-8-18-31(28)21-24-9-4-2-5-10-24/h2,4-5,8-10,13-18,26H,3,6-7,11-12,19-23H2,1H3. The third-order valence-corrected chi connectivity index (χ3v) is 7.29. The highest BCUT2D eigenvalue weighted by atomic mass is 16.6. The van der Waals surface area contributed by atoms with E-state index in [-0.39, 0.29) is 43.2 Å². The van der Waals surface area contributed by atoms with Crippen LogP contribution in [0.15, 0.2) is 72.9 Å². The second-order valence-corrected chi connectivity index (χ2v) is 9.95. The van der Waals surface area contributed by atoms with Gasteiger partial charge in [-0.1, -0.05) is 49.6 Å². The van der Waals surface area contributed by atoms with Gasteiger partial charge in [0.1, 0.15) is 6.54 Å². The average Bonchev–Trinajstić information content (AvgIpc) is 3.40. The quantitative estimate of drug-likeness (QED) is 0.244. The zero-order chi connectivity index (χ0) is 27.6. The molecule has 9 nitrogen and oxygen atoms in total. The van der Waals surface area contributed by atoms with Crippen LogP contribution < -0.4 is 0 Å². The first-order valence-corrected chi connectivity index (χ1v) is 13.5. The lowest BCUT2D eigenvalue weighted by Gasteiger charge is -2.36. The maximum atomic E-state index is 13.9. The average molecular weight is 533 g/mol. The van der Waals surface area contributed by atoms with E-state index in [4.69, 9.17) is 4.74 Å². The summed E-state index contributed by atoms with van der Waals surface area (Å²) in [6, 6.07) is 19.9. The number of carbonyl (C=O) groups excluding carboxylic acids is 2. The number of ether oxygens (including phenoxy) is 1. The van der Waals surface area contributed by atoms with Gasteiger partial charge < -0.3 is 19.1 Å². The molecule has 4 rings (SSSR count). The second kappa shape index (κ2) is 13.7. The highest BCUT2D eigenvalue weighted by Crippen LogP contribution is 2.25. The van der Waals surface area contributed by atoms with E-state index in [1.54, 1.807) is 7.11 Å². The van der Waals surface area contributed by atoms with Crippen molar-refractivity contribution in [2.45, 2.75) is 51.2 Å². The van der Waals surface area contributed by atoms with Crippen LogP contribution in [0.4, 0.5) is 5.69 Å². The van der Waals surface area contributed by atoms with Crippen LogP contribution in [0.5, 0.6) is 0 Å². The molecule has 0 unspecified atom stereocenters. The summed E-state index contributed by atoms with van der Waals surface area (Å²) in [5.41, 5.74) is 2.44. The number of amides is 2. The molecule has 1 aliphatic rings. The monoisotopic (exact) mass is 532 g/mol. The molecule has 0 spiro atoms. The van der Waals surface area contributed by atoms with Gasteiger partial charge >= 0.3 is 0 Å². The maximum Gasteiger partial charge on any atom is 0.269 e. The predicted molar refractivity (Wildman–Crippen MR) is 148 cm³/mol. The summed E-state index contributed by atoms with van der Waals surface area (Å²) in [4.78, 5) is 41.2. The van der Waals surface area contributed by atoms with Crippen molar-refractivity contribution in [2.24, 2.45) is 0 Å². The number of rotatable bonds is 12. The Morgan fingerprint density at radius 1 is 1.00 bits per heavy atom. The van der Waals surface area contributed by atoms with E-state index in [1.807, 2.05) is 35.4 Å². The largest absolute Gasteiger partial charge is 0.383 e.